The maximum Gasteiger partial charge on any atom is 0.227 e. The number of rotatable bonds is 9. The van der Waals surface area contributed by atoms with E-state index in [-0.39, 0.29) is 24.1 Å². The molecule has 1 aromatic carbocycles. The predicted octanol–water partition coefficient (Wildman–Crippen LogP) is 1.44. The van der Waals surface area contributed by atoms with E-state index in [9.17, 15) is 12.8 Å². The molecule has 0 bridgehead atoms. The molecule has 1 saturated heterocycles. The standard InChI is InChI=1S/C20H29FN6O3S/c1-14(2)26-31(28,29)11-8-23-19-16(15-4-5-17(21)18(12-15)30-3)13-24-20(25-19)27-9-6-22-7-10-27/h4-5,12-14,22,26H,6-11H2,1-3H3,(H,23,24,25). The number of aromatic nitrogens is 2. The van der Waals surface area contributed by atoms with Gasteiger partial charge in [-0.15, -0.1) is 0 Å². The zero-order chi connectivity index (χ0) is 22.4. The van der Waals surface area contributed by atoms with Crippen molar-refractivity contribution < 1.29 is 17.5 Å². The van der Waals surface area contributed by atoms with E-state index in [1.807, 2.05) is 0 Å². The third kappa shape index (κ3) is 6.25. The number of hydrogen-bond donors (Lipinski definition) is 3. The first-order chi connectivity index (χ1) is 14.8. The van der Waals surface area contributed by atoms with Gasteiger partial charge in [0.1, 0.15) is 5.82 Å². The Bertz CT molecular complexity index is 996. The molecule has 0 atom stereocenters. The Kier molecular flexibility index (Phi) is 7.63. The SMILES string of the molecule is COc1cc(-c2cnc(N3CCNCC3)nc2NCCS(=O)(=O)NC(C)C)ccc1F. The minimum atomic E-state index is -3.42. The number of nitrogens with zero attached hydrogens (tertiary/aromatic N) is 3. The maximum atomic E-state index is 13.9. The van der Waals surface area contributed by atoms with E-state index >= 15 is 0 Å². The molecule has 1 aliphatic heterocycles. The highest BCUT2D eigenvalue weighted by Crippen LogP contribution is 2.31. The van der Waals surface area contributed by atoms with Gasteiger partial charge in [0.2, 0.25) is 16.0 Å². The van der Waals surface area contributed by atoms with Crippen LogP contribution in [0.1, 0.15) is 13.8 Å². The van der Waals surface area contributed by atoms with Crippen molar-refractivity contribution in [1.29, 1.82) is 0 Å². The summed E-state index contributed by atoms with van der Waals surface area (Å²) >= 11 is 0. The van der Waals surface area contributed by atoms with E-state index in [1.165, 1.54) is 13.2 Å². The number of benzene rings is 1. The first kappa shape index (κ1) is 23.2. The van der Waals surface area contributed by atoms with Crippen LogP contribution in [0.5, 0.6) is 5.75 Å². The van der Waals surface area contributed by atoms with E-state index in [0.29, 0.717) is 22.9 Å². The van der Waals surface area contributed by atoms with Crippen molar-refractivity contribution in [3.63, 3.8) is 0 Å². The van der Waals surface area contributed by atoms with Crippen molar-refractivity contribution in [2.75, 3.05) is 55.8 Å². The van der Waals surface area contributed by atoms with Crippen LogP contribution in [0.3, 0.4) is 0 Å². The molecular weight excluding hydrogens is 423 g/mol. The Labute approximate surface area is 182 Å². The number of ether oxygens (including phenoxy) is 1. The van der Waals surface area contributed by atoms with Crippen molar-refractivity contribution in [3.05, 3.63) is 30.2 Å². The fourth-order valence-corrected chi connectivity index (χ4v) is 4.49. The minimum Gasteiger partial charge on any atom is -0.494 e. The van der Waals surface area contributed by atoms with Gasteiger partial charge in [-0.1, -0.05) is 6.07 Å². The van der Waals surface area contributed by atoms with Crippen molar-refractivity contribution >= 4 is 21.8 Å². The molecular formula is C20H29FN6O3S. The van der Waals surface area contributed by atoms with Crippen LogP contribution >= 0.6 is 0 Å². The molecule has 0 radical (unpaired) electrons. The van der Waals surface area contributed by atoms with Crippen LogP contribution in [0, 0.1) is 5.82 Å². The highest BCUT2D eigenvalue weighted by atomic mass is 32.2. The lowest BCUT2D eigenvalue weighted by atomic mass is 10.1. The van der Waals surface area contributed by atoms with Crippen LogP contribution in [0.25, 0.3) is 11.1 Å². The molecule has 0 amide bonds. The van der Waals surface area contributed by atoms with Crippen LogP contribution in [-0.4, -0.2) is 70.0 Å². The molecule has 3 N–H and O–H groups in total. The van der Waals surface area contributed by atoms with Gasteiger partial charge in [-0.2, -0.15) is 4.98 Å². The number of piperazine rings is 1. The third-order valence-corrected chi connectivity index (χ3v) is 6.29. The van der Waals surface area contributed by atoms with Gasteiger partial charge in [0.25, 0.3) is 0 Å². The lowest BCUT2D eigenvalue weighted by Crippen LogP contribution is -2.44. The molecule has 0 aliphatic carbocycles. The summed E-state index contributed by atoms with van der Waals surface area (Å²) in [6.45, 7) is 6.92. The Hall–Kier alpha value is -2.50. The van der Waals surface area contributed by atoms with Crippen LogP contribution in [0.15, 0.2) is 24.4 Å². The normalized spacial score (nSPS) is 14.7. The molecule has 9 nitrogen and oxygen atoms in total. The number of sulfonamides is 1. The summed E-state index contributed by atoms with van der Waals surface area (Å²) in [4.78, 5) is 11.2. The fraction of sp³-hybridized carbons (Fsp3) is 0.500. The van der Waals surface area contributed by atoms with Gasteiger partial charge < -0.3 is 20.3 Å². The van der Waals surface area contributed by atoms with Gasteiger partial charge in [0.15, 0.2) is 11.6 Å². The second-order valence-corrected chi connectivity index (χ2v) is 9.41. The molecule has 0 saturated carbocycles. The van der Waals surface area contributed by atoms with Crippen molar-refractivity contribution in [2.24, 2.45) is 0 Å². The fourth-order valence-electron chi connectivity index (χ4n) is 3.28. The number of anilines is 2. The highest BCUT2D eigenvalue weighted by Gasteiger charge is 2.18. The second-order valence-electron chi connectivity index (χ2n) is 7.54. The van der Waals surface area contributed by atoms with Gasteiger partial charge in [-0.05, 0) is 31.5 Å². The zero-order valence-electron chi connectivity index (χ0n) is 18.0. The average molecular weight is 453 g/mol. The maximum absolute atomic E-state index is 13.9. The smallest absolute Gasteiger partial charge is 0.227 e. The molecule has 0 spiro atoms. The lowest BCUT2D eigenvalue weighted by molar-refractivity contribution is 0.387. The quantitative estimate of drug-likeness (QED) is 0.525. The Morgan fingerprint density at radius 2 is 2.03 bits per heavy atom. The van der Waals surface area contributed by atoms with Crippen LogP contribution in [0.4, 0.5) is 16.2 Å². The Balaban J connectivity index is 1.88. The summed E-state index contributed by atoms with van der Waals surface area (Å²) < 4.78 is 45.9. The molecule has 1 aliphatic rings. The first-order valence-corrected chi connectivity index (χ1v) is 11.8. The largest absolute Gasteiger partial charge is 0.494 e. The Morgan fingerprint density at radius 1 is 1.29 bits per heavy atom. The lowest BCUT2D eigenvalue weighted by Gasteiger charge is -2.28. The Morgan fingerprint density at radius 3 is 2.71 bits per heavy atom. The summed E-state index contributed by atoms with van der Waals surface area (Å²) in [5, 5.41) is 6.41. The molecule has 1 fully saturated rings. The number of halogens is 1. The third-order valence-electron chi connectivity index (χ3n) is 4.72. The second kappa shape index (κ2) is 10.2. The number of hydrogen-bond acceptors (Lipinski definition) is 8. The van der Waals surface area contributed by atoms with Crippen molar-refractivity contribution in [1.82, 2.24) is 20.0 Å². The van der Waals surface area contributed by atoms with Crippen molar-refractivity contribution in [2.45, 2.75) is 19.9 Å². The van der Waals surface area contributed by atoms with Crippen LogP contribution in [0.2, 0.25) is 0 Å². The van der Waals surface area contributed by atoms with Gasteiger partial charge in [-0.25, -0.2) is 22.5 Å². The van der Waals surface area contributed by atoms with Gasteiger partial charge >= 0.3 is 0 Å². The van der Waals surface area contributed by atoms with E-state index in [1.54, 1.807) is 32.2 Å². The van der Waals surface area contributed by atoms with Gasteiger partial charge in [0, 0.05) is 50.5 Å². The molecule has 170 valence electrons. The van der Waals surface area contributed by atoms with Gasteiger partial charge in [0.05, 0.1) is 12.9 Å². The monoisotopic (exact) mass is 452 g/mol. The molecule has 2 heterocycles. The van der Waals surface area contributed by atoms with Crippen LogP contribution in [-0.2, 0) is 10.0 Å². The zero-order valence-corrected chi connectivity index (χ0v) is 18.8. The molecule has 3 rings (SSSR count). The van der Waals surface area contributed by atoms with E-state index < -0.39 is 15.8 Å². The molecule has 1 aromatic heterocycles. The van der Waals surface area contributed by atoms with E-state index in [2.05, 4.69) is 30.2 Å². The van der Waals surface area contributed by atoms with Gasteiger partial charge in [-0.3, -0.25) is 0 Å². The van der Waals surface area contributed by atoms with Crippen molar-refractivity contribution in [3.8, 4) is 16.9 Å². The van der Waals surface area contributed by atoms with E-state index in [0.717, 1.165) is 26.2 Å². The number of nitrogens with one attached hydrogen (secondary N) is 3. The molecule has 11 heteroatoms. The summed E-state index contributed by atoms with van der Waals surface area (Å²) in [5.41, 5.74) is 1.29. The highest BCUT2D eigenvalue weighted by molar-refractivity contribution is 7.89. The first-order valence-electron chi connectivity index (χ1n) is 10.2. The van der Waals surface area contributed by atoms with Crippen LogP contribution < -0.4 is 25.0 Å². The summed E-state index contributed by atoms with van der Waals surface area (Å²) in [7, 11) is -2.02. The topological polar surface area (TPSA) is 108 Å². The summed E-state index contributed by atoms with van der Waals surface area (Å²) in [6.07, 6.45) is 1.67. The summed E-state index contributed by atoms with van der Waals surface area (Å²) in [5.74, 6) is 0.579. The molecule has 31 heavy (non-hydrogen) atoms. The summed E-state index contributed by atoms with van der Waals surface area (Å²) in [6, 6.07) is 4.33. The molecule has 2 aromatic rings. The molecule has 0 unspecified atom stereocenters. The minimum absolute atomic E-state index is 0.107. The number of methoxy groups -OCH3 is 1. The van der Waals surface area contributed by atoms with E-state index in [4.69, 9.17) is 4.74 Å². The predicted molar refractivity (Wildman–Crippen MR) is 120 cm³/mol. The average Bonchev–Trinajstić information content (AvgIpc) is 2.74.